The summed E-state index contributed by atoms with van der Waals surface area (Å²) in [5.41, 5.74) is 1.69. The van der Waals surface area contributed by atoms with Crippen molar-refractivity contribution in [2.45, 2.75) is 32.2 Å². The summed E-state index contributed by atoms with van der Waals surface area (Å²) in [6.07, 6.45) is 3.16. The van der Waals surface area contributed by atoms with Crippen LogP contribution in [0.1, 0.15) is 31.7 Å². The Balaban J connectivity index is 2.23. The minimum atomic E-state index is 0.0898. The summed E-state index contributed by atoms with van der Waals surface area (Å²) in [6, 6.07) is 12.5. The quantitative estimate of drug-likeness (QED) is 0.812. The number of nitrogens with zero attached hydrogens (tertiary/aromatic N) is 3. The molecular formula is C16H19N3. The molecule has 0 bridgehead atoms. The van der Waals surface area contributed by atoms with Crippen LogP contribution in [0, 0.1) is 34.5 Å². The first-order valence-electron chi connectivity index (χ1n) is 6.78. The third-order valence-electron chi connectivity index (χ3n) is 4.12. The molecule has 1 aromatic rings. The van der Waals surface area contributed by atoms with Crippen LogP contribution < -0.4 is 4.90 Å². The van der Waals surface area contributed by atoms with Crippen LogP contribution in [0.25, 0.3) is 0 Å². The van der Waals surface area contributed by atoms with Crippen molar-refractivity contribution in [2.75, 3.05) is 11.9 Å². The van der Waals surface area contributed by atoms with E-state index in [1.54, 1.807) is 0 Å². The smallest absolute Gasteiger partial charge is 0.0992 e. The van der Waals surface area contributed by atoms with Crippen molar-refractivity contribution < 1.29 is 0 Å². The van der Waals surface area contributed by atoms with E-state index in [0.29, 0.717) is 11.5 Å². The molecule has 1 fully saturated rings. The third kappa shape index (κ3) is 2.88. The van der Waals surface area contributed by atoms with Gasteiger partial charge in [0.1, 0.15) is 0 Å². The highest BCUT2D eigenvalue weighted by Gasteiger charge is 2.31. The van der Waals surface area contributed by atoms with Crippen LogP contribution in [0.15, 0.2) is 24.3 Å². The fraction of sp³-hybridized carbons (Fsp3) is 0.500. The number of hydrogen-bond acceptors (Lipinski definition) is 3. The van der Waals surface area contributed by atoms with Crippen molar-refractivity contribution in [1.82, 2.24) is 0 Å². The highest BCUT2D eigenvalue weighted by molar-refractivity contribution is 5.52. The Morgan fingerprint density at radius 3 is 2.74 bits per heavy atom. The molecule has 3 nitrogen and oxygen atoms in total. The maximum absolute atomic E-state index is 9.32. The molecule has 1 aliphatic rings. The zero-order valence-corrected chi connectivity index (χ0v) is 11.5. The molecule has 3 heteroatoms. The van der Waals surface area contributed by atoms with E-state index < -0.39 is 0 Å². The molecule has 1 aliphatic carbocycles. The Bertz CT molecular complexity index is 524. The molecule has 3 unspecified atom stereocenters. The second-order valence-corrected chi connectivity index (χ2v) is 5.49. The summed E-state index contributed by atoms with van der Waals surface area (Å²) in [5.74, 6) is 0.753. The summed E-state index contributed by atoms with van der Waals surface area (Å²) < 4.78 is 0. The van der Waals surface area contributed by atoms with Crippen LogP contribution in [0.3, 0.4) is 0 Å². The zero-order chi connectivity index (χ0) is 13.8. The van der Waals surface area contributed by atoms with Gasteiger partial charge in [0.2, 0.25) is 0 Å². The Labute approximate surface area is 115 Å². The van der Waals surface area contributed by atoms with Gasteiger partial charge in [0, 0.05) is 18.8 Å². The molecule has 0 amide bonds. The first kappa shape index (κ1) is 13.4. The van der Waals surface area contributed by atoms with Gasteiger partial charge >= 0.3 is 0 Å². The fourth-order valence-electron chi connectivity index (χ4n) is 2.92. The third-order valence-corrected chi connectivity index (χ3v) is 4.12. The van der Waals surface area contributed by atoms with Crippen LogP contribution in [0.2, 0.25) is 0 Å². The Morgan fingerprint density at radius 2 is 2.05 bits per heavy atom. The summed E-state index contributed by atoms with van der Waals surface area (Å²) in [7, 11) is 2.03. The van der Waals surface area contributed by atoms with Crippen LogP contribution in [0.4, 0.5) is 5.69 Å². The van der Waals surface area contributed by atoms with E-state index in [2.05, 4.69) is 24.0 Å². The van der Waals surface area contributed by atoms with Crippen LogP contribution in [-0.4, -0.2) is 13.1 Å². The van der Waals surface area contributed by atoms with Gasteiger partial charge in [-0.1, -0.05) is 13.0 Å². The number of anilines is 1. The highest BCUT2D eigenvalue weighted by atomic mass is 15.1. The molecule has 0 spiro atoms. The van der Waals surface area contributed by atoms with E-state index in [-0.39, 0.29) is 12.0 Å². The first-order valence-corrected chi connectivity index (χ1v) is 6.78. The van der Waals surface area contributed by atoms with Crippen LogP contribution >= 0.6 is 0 Å². The zero-order valence-electron chi connectivity index (χ0n) is 11.5. The molecule has 0 saturated heterocycles. The maximum atomic E-state index is 9.32. The van der Waals surface area contributed by atoms with Gasteiger partial charge in [0.05, 0.1) is 23.6 Å². The van der Waals surface area contributed by atoms with Crippen molar-refractivity contribution in [2.24, 2.45) is 11.8 Å². The Kier molecular flexibility index (Phi) is 4.07. The van der Waals surface area contributed by atoms with Gasteiger partial charge in [0.25, 0.3) is 0 Å². The lowest BCUT2D eigenvalue weighted by Crippen LogP contribution is -2.41. The monoisotopic (exact) mass is 253 g/mol. The van der Waals surface area contributed by atoms with Crippen LogP contribution in [-0.2, 0) is 0 Å². The van der Waals surface area contributed by atoms with Crippen molar-refractivity contribution in [3.05, 3.63) is 29.8 Å². The van der Waals surface area contributed by atoms with Crippen LogP contribution in [0.5, 0.6) is 0 Å². The minimum absolute atomic E-state index is 0.0898. The normalized spacial score (nSPS) is 26.2. The van der Waals surface area contributed by atoms with E-state index in [9.17, 15) is 5.26 Å². The SMILES string of the molecule is CC1CCC(C#N)C(N(C)c2cccc(C#N)c2)C1. The van der Waals surface area contributed by atoms with Gasteiger partial charge in [-0.3, -0.25) is 0 Å². The molecule has 1 saturated carbocycles. The average Bonchev–Trinajstić information content (AvgIpc) is 2.46. The number of benzene rings is 1. The van der Waals surface area contributed by atoms with Gasteiger partial charge in [-0.2, -0.15) is 10.5 Å². The predicted octanol–water partition coefficient (Wildman–Crippen LogP) is 3.32. The summed E-state index contributed by atoms with van der Waals surface area (Å²) in [4.78, 5) is 2.17. The van der Waals surface area contributed by atoms with Gasteiger partial charge in [-0.05, 0) is 43.4 Å². The van der Waals surface area contributed by atoms with E-state index in [0.717, 1.165) is 24.9 Å². The summed E-state index contributed by atoms with van der Waals surface area (Å²) >= 11 is 0. The molecule has 0 heterocycles. The van der Waals surface area contributed by atoms with E-state index in [1.165, 1.54) is 0 Å². The molecular weight excluding hydrogens is 234 g/mol. The van der Waals surface area contributed by atoms with Crippen molar-refractivity contribution >= 4 is 5.69 Å². The van der Waals surface area contributed by atoms with Crippen molar-refractivity contribution in [3.8, 4) is 12.1 Å². The van der Waals surface area contributed by atoms with E-state index in [1.807, 2.05) is 31.3 Å². The van der Waals surface area contributed by atoms with E-state index in [4.69, 9.17) is 5.26 Å². The lowest BCUT2D eigenvalue weighted by molar-refractivity contribution is 0.286. The first-order chi connectivity index (χ1) is 9.15. The van der Waals surface area contributed by atoms with Gasteiger partial charge < -0.3 is 4.90 Å². The number of nitriles is 2. The molecule has 0 radical (unpaired) electrons. The van der Waals surface area contributed by atoms with Crippen molar-refractivity contribution in [1.29, 1.82) is 10.5 Å². The predicted molar refractivity (Wildman–Crippen MR) is 75.5 cm³/mol. The molecule has 98 valence electrons. The lowest BCUT2D eigenvalue weighted by Gasteiger charge is -2.38. The Hall–Kier alpha value is -2.00. The van der Waals surface area contributed by atoms with Gasteiger partial charge in [-0.15, -0.1) is 0 Å². The molecule has 3 atom stereocenters. The number of hydrogen-bond donors (Lipinski definition) is 0. The molecule has 0 N–H and O–H groups in total. The number of rotatable bonds is 2. The molecule has 0 aliphatic heterocycles. The lowest BCUT2D eigenvalue weighted by atomic mass is 9.79. The molecule has 2 rings (SSSR count). The second kappa shape index (κ2) is 5.76. The average molecular weight is 253 g/mol. The standard InChI is InChI=1S/C16H19N3/c1-12-6-7-14(11-18)16(8-12)19(2)15-5-3-4-13(9-15)10-17/h3-5,9,12,14,16H,6-8H2,1-2H3. The highest BCUT2D eigenvalue weighted by Crippen LogP contribution is 2.33. The minimum Gasteiger partial charge on any atom is -0.370 e. The molecule has 19 heavy (non-hydrogen) atoms. The van der Waals surface area contributed by atoms with E-state index >= 15 is 0 Å². The largest absolute Gasteiger partial charge is 0.370 e. The fourth-order valence-corrected chi connectivity index (χ4v) is 2.92. The maximum Gasteiger partial charge on any atom is 0.0992 e. The van der Waals surface area contributed by atoms with Gasteiger partial charge in [0.15, 0.2) is 0 Å². The second-order valence-electron chi connectivity index (χ2n) is 5.49. The summed E-state index contributed by atoms with van der Waals surface area (Å²) in [6.45, 7) is 2.25. The molecule has 1 aromatic carbocycles. The Morgan fingerprint density at radius 1 is 1.26 bits per heavy atom. The van der Waals surface area contributed by atoms with Crippen molar-refractivity contribution in [3.63, 3.8) is 0 Å². The summed E-state index contributed by atoms with van der Waals surface area (Å²) in [5, 5.41) is 18.3. The topological polar surface area (TPSA) is 50.8 Å². The molecule has 0 aromatic heterocycles. The van der Waals surface area contributed by atoms with Gasteiger partial charge in [-0.25, -0.2) is 0 Å².